The molecule has 0 heterocycles. The Kier molecular flexibility index (Phi) is 3.63. The molecule has 0 aliphatic heterocycles. The quantitative estimate of drug-likeness (QED) is 0.838. The molecule has 0 aromatic heterocycles. The monoisotopic (exact) mass is 292 g/mol. The summed E-state index contributed by atoms with van der Waals surface area (Å²) in [5.41, 5.74) is 6.67. The van der Waals surface area contributed by atoms with Gasteiger partial charge in [-0.25, -0.2) is 0 Å². The van der Waals surface area contributed by atoms with E-state index >= 15 is 0 Å². The molecule has 2 aliphatic carbocycles. The zero-order valence-corrected chi connectivity index (χ0v) is 12.5. The maximum absolute atomic E-state index is 12.3. The van der Waals surface area contributed by atoms with Crippen molar-refractivity contribution in [3.8, 4) is 0 Å². The Morgan fingerprint density at radius 3 is 2.85 bits per heavy atom. The first-order chi connectivity index (χ1) is 9.56. The second-order valence-corrected chi connectivity index (χ2v) is 6.69. The van der Waals surface area contributed by atoms with E-state index in [-0.39, 0.29) is 11.9 Å². The number of hydrogen-bond donors (Lipinski definition) is 2. The van der Waals surface area contributed by atoms with Crippen LogP contribution >= 0.6 is 11.6 Å². The first kappa shape index (κ1) is 13.7. The predicted molar refractivity (Wildman–Crippen MR) is 81.7 cm³/mol. The van der Waals surface area contributed by atoms with Crippen LogP contribution in [0, 0.1) is 17.8 Å². The topological polar surface area (TPSA) is 55.1 Å². The van der Waals surface area contributed by atoms with E-state index in [0.717, 1.165) is 11.8 Å². The summed E-state index contributed by atoms with van der Waals surface area (Å²) in [6.07, 6.45) is 5.32. The summed E-state index contributed by atoms with van der Waals surface area (Å²) in [6.45, 7) is 2.11. The molecule has 2 fully saturated rings. The van der Waals surface area contributed by atoms with Crippen LogP contribution in [0.5, 0.6) is 0 Å². The molecule has 3 nitrogen and oxygen atoms in total. The zero-order chi connectivity index (χ0) is 14.3. The van der Waals surface area contributed by atoms with Gasteiger partial charge in [0, 0.05) is 6.04 Å². The Labute approximate surface area is 124 Å². The van der Waals surface area contributed by atoms with E-state index in [1.165, 1.54) is 25.7 Å². The molecule has 1 amide bonds. The molecule has 0 spiro atoms. The van der Waals surface area contributed by atoms with Crippen molar-refractivity contribution in [1.29, 1.82) is 0 Å². The van der Waals surface area contributed by atoms with E-state index in [0.29, 0.717) is 22.2 Å². The Hall–Kier alpha value is -1.22. The van der Waals surface area contributed by atoms with E-state index in [9.17, 15) is 4.79 Å². The summed E-state index contributed by atoms with van der Waals surface area (Å²) in [6, 6.07) is 5.40. The van der Waals surface area contributed by atoms with Gasteiger partial charge < -0.3 is 11.1 Å². The van der Waals surface area contributed by atoms with Crippen molar-refractivity contribution in [3.63, 3.8) is 0 Å². The summed E-state index contributed by atoms with van der Waals surface area (Å²) < 4.78 is 0. The molecular weight excluding hydrogens is 272 g/mol. The van der Waals surface area contributed by atoms with Gasteiger partial charge in [-0.3, -0.25) is 4.79 Å². The van der Waals surface area contributed by atoms with Crippen LogP contribution in [0.25, 0.3) is 0 Å². The molecule has 108 valence electrons. The van der Waals surface area contributed by atoms with Crippen molar-refractivity contribution in [2.75, 3.05) is 5.73 Å². The number of amides is 1. The third-order valence-corrected chi connectivity index (χ3v) is 5.49. The van der Waals surface area contributed by atoms with Crippen molar-refractivity contribution >= 4 is 23.2 Å². The Morgan fingerprint density at radius 1 is 1.40 bits per heavy atom. The molecule has 3 rings (SSSR count). The minimum absolute atomic E-state index is 0.113. The van der Waals surface area contributed by atoms with Crippen LogP contribution in [0.3, 0.4) is 0 Å². The van der Waals surface area contributed by atoms with Gasteiger partial charge in [0.1, 0.15) is 0 Å². The third kappa shape index (κ3) is 2.39. The van der Waals surface area contributed by atoms with Gasteiger partial charge in [-0.1, -0.05) is 24.1 Å². The van der Waals surface area contributed by atoms with Crippen LogP contribution in [0.2, 0.25) is 5.02 Å². The molecule has 0 saturated heterocycles. The number of nitrogen functional groups attached to an aromatic ring is 1. The fourth-order valence-electron chi connectivity index (χ4n) is 4.02. The fourth-order valence-corrected chi connectivity index (χ4v) is 4.23. The van der Waals surface area contributed by atoms with Crippen LogP contribution < -0.4 is 11.1 Å². The van der Waals surface area contributed by atoms with Crippen molar-refractivity contribution in [3.05, 3.63) is 28.8 Å². The van der Waals surface area contributed by atoms with Crippen LogP contribution in [-0.4, -0.2) is 11.9 Å². The maximum atomic E-state index is 12.3. The normalized spacial score (nSPS) is 29.4. The number of halogens is 1. The van der Waals surface area contributed by atoms with Gasteiger partial charge >= 0.3 is 0 Å². The van der Waals surface area contributed by atoms with Gasteiger partial charge in [-0.15, -0.1) is 0 Å². The molecule has 4 atom stereocenters. The number of anilines is 1. The molecule has 4 heteroatoms. The van der Waals surface area contributed by atoms with E-state index in [1.807, 2.05) is 0 Å². The van der Waals surface area contributed by atoms with Crippen LogP contribution in [0.15, 0.2) is 18.2 Å². The summed E-state index contributed by atoms with van der Waals surface area (Å²) in [5.74, 6) is 2.20. The molecule has 2 bridgehead atoms. The molecule has 1 aromatic carbocycles. The molecule has 4 unspecified atom stereocenters. The molecule has 1 aromatic rings. The average molecular weight is 293 g/mol. The highest BCUT2D eigenvalue weighted by Crippen LogP contribution is 2.49. The smallest absolute Gasteiger partial charge is 0.253 e. The SMILES string of the molecule is CC(NC(=O)c1cccc(N)c1Cl)C1CC2CCC1C2. The van der Waals surface area contributed by atoms with Gasteiger partial charge in [0.2, 0.25) is 0 Å². The lowest BCUT2D eigenvalue weighted by Gasteiger charge is -2.28. The second-order valence-electron chi connectivity index (χ2n) is 6.31. The zero-order valence-electron chi connectivity index (χ0n) is 11.7. The Balaban J connectivity index is 1.68. The number of nitrogens with one attached hydrogen (secondary N) is 1. The van der Waals surface area contributed by atoms with Gasteiger partial charge in [-0.05, 0) is 56.1 Å². The maximum Gasteiger partial charge on any atom is 0.253 e. The number of hydrogen-bond acceptors (Lipinski definition) is 2. The van der Waals surface area contributed by atoms with Gasteiger partial charge in [0.25, 0.3) is 5.91 Å². The summed E-state index contributed by atoms with van der Waals surface area (Å²) >= 11 is 6.11. The van der Waals surface area contributed by atoms with Crippen LogP contribution in [0.1, 0.15) is 43.0 Å². The number of benzene rings is 1. The lowest BCUT2D eigenvalue weighted by Crippen LogP contribution is -2.40. The van der Waals surface area contributed by atoms with E-state index in [4.69, 9.17) is 17.3 Å². The second kappa shape index (κ2) is 5.28. The first-order valence-corrected chi connectivity index (χ1v) is 7.79. The number of carbonyl (C=O) groups is 1. The molecule has 2 aliphatic rings. The summed E-state index contributed by atoms with van der Waals surface area (Å²) in [4.78, 5) is 12.3. The predicted octanol–water partition coefficient (Wildman–Crippen LogP) is 3.48. The largest absolute Gasteiger partial charge is 0.398 e. The number of carbonyl (C=O) groups excluding carboxylic acids is 1. The van der Waals surface area contributed by atoms with Crippen molar-refractivity contribution < 1.29 is 4.79 Å². The lowest BCUT2D eigenvalue weighted by atomic mass is 9.84. The van der Waals surface area contributed by atoms with E-state index in [1.54, 1.807) is 18.2 Å². The molecule has 20 heavy (non-hydrogen) atoms. The molecular formula is C16H21ClN2O. The molecule has 3 N–H and O–H groups in total. The highest BCUT2D eigenvalue weighted by atomic mass is 35.5. The number of nitrogens with two attached hydrogens (primary N) is 1. The van der Waals surface area contributed by atoms with Crippen molar-refractivity contribution in [2.45, 2.75) is 38.6 Å². The fraction of sp³-hybridized carbons (Fsp3) is 0.562. The Bertz CT molecular complexity index is 531. The highest BCUT2D eigenvalue weighted by Gasteiger charge is 2.42. The molecule has 2 saturated carbocycles. The average Bonchev–Trinajstić information content (AvgIpc) is 3.04. The van der Waals surface area contributed by atoms with Gasteiger partial charge in [0.15, 0.2) is 0 Å². The standard InChI is InChI=1S/C16H21ClN2O/c1-9(13-8-10-5-6-11(13)7-10)19-16(20)12-3-2-4-14(18)15(12)17/h2-4,9-11,13H,5-8,18H2,1H3,(H,19,20). The number of rotatable bonds is 3. The number of fused-ring (bicyclic) bond motifs is 2. The van der Waals surface area contributed by atoms with Gasteiger partial charge in [0.05, 0.1) is 16.3 Å². The summed E-state index contributed by atoms with van der Waals surface area (Å²) in [5, 5.41) is 3.46. The van der Waals surface area contributed by atoms with Crippen molar-refractivity contribution in [1.82, 2.24) is 5.32 Å². The Morgan fingerprint density at radius 2 is 2.20 bits per heavy atom. The third-order valence-electron chi connectivity index (χ3n) is 5.07. The van der Waals surface area contributed by atoms with E-state index < -0.39 is 0 Å². The van der Waals surface area contributed by atoms with Crippen molar-refractivity contribution in [2.24, 2.45) is 17.8 Å². The van der Waals surface area contributed by atoms with Crippen LogP contribution in [-0.2, 0) is 0 Å². The van der Waals surface area contributed by atoms with Crippen LogP contribution in [0.4, 0.5) is 5.69 Å². The first-order valence-electron chi connectivity index (χ1n) is 7.41. The highest BCUT2D eigenvalue weighted by molar-refractivity contribution is 6.36. The van der Waals surface area contributed by atoms with E-state index in [2.05, 4.69) is 12.2 Å². The lowest BCUT2D eigenvalue weighted by molar-refractivity contribution is 0.0915. The minimum atomic E-state index is -0.113. The summed E-state index contributed by atoms with van der Waals surface area (Å²) in [7, 11) is 0. The molecule has 0 radical (unpaired) electrons. The minimum Gasteiger partial charge on any atom is -0.398 e. The van der Waals surface area contributed by atoms with Gasteiger partial charge in [-0.2, -0.15) is 0 Å².